The van der Waals surface area contributed by atoms with Gasteiger partial charge in [0, 0.05) is 7.05 Å². The Bertz CT molecular complexity index is 658. The van der Waals surface area contributed by atoms with Crippen LogP contribution in [-0.4, -0.2) is 35.4 Å². The summed E-state index contributed by atoms with van der Waals surface area (Å²) in [5, 5.41) is 2.70. The summed E-state index contributed by atoms with van der Waals surface area (Å²) in [5.74, 6) is 0.447. The molecule has 8 nitrogen and oxygen atoms in total. The number of hydrogen-bond donors (Lipinski definition) is 2. The Morgan fingerprint density at radius 1 is 1.05 bits per heavy atom. The van der Waals surface area contributed by atoms with E-state index in [4.69, 9.17) is 0 Å². The Balaban J connectivity index is 2.24. The molecule has 0 aliphatic carbocycles. The van der Waals surface area contributed by atoms with Crippen molar-refractivity contribution in [1.82, 2.24) is 19.9 Å². The van der Waals surface area contributed by atoms with Gasteiger partial charge in [-0.3, -0.25) is 4.72 Å². The molecule has 0 amide bonds. The van der Waals surface area contributed by atoms with E-state index in [9.17, 15) is 8.42 Å². The normalized spacial score (nSPS) is 11.1. The lowest BCUT2D eigenvalue weighted by molar-refractivity contribution is 0.600. The molecule has 2 aromatic heterocycles. The van der Waals surface area contributed by atoms with E-state index in [-0.39, 0.29) is 10.7 Å². The molecule has 0 saturated carbocycles. The number of nitrogens with zero attached hydrogens (tertiary/aromatic N) is 4. The summed E-state index contributed by atoms with van der Waals surface area (Å²) in [5.41, 5.74) is 0. The average molecular weight is 345 g/mol. The van der Waals surface area contributed by atoms with E-state index >= 15 is 0 Å². The van der Waals surface area contributed by atoms with Gasteiger partial charge in [0.15, 0.2) is 5.82 Å². The van der Waals surface area contributed by atoms with Crippen LogP contribution in [0.2, 0.25) is 0 Å². The van der Waals surface area contributed by atoms with E-state index in [2.05, 4.69) is 45.9 Å². The lowest BCUT2D eigenvalue weighted by atomic mass is 10.7. The summed E-state index contributed by atoms with van der Waals surface area (Å²) in [6.45, 7) is 0. The molecule has 0 aromatic carbocycles. The van der Waals surface area contributed by atoms with Gasteiger partial charge in [0.1, 0.15) is 9.50 Å². The predicted molar refractivity (Wildman–Crippen MR) is 72.1 cm³/mol. The summed E-state index contributed by atoms with van der Waals surface area (Å²) in [6, 6.07) is 0. The molecule has 10 heteroatoms. The third kappa shape index (κ3) is 3.35. The van der Waals surface area contributed by atoms with Gasteiger partial charge in [-0.05, 0) is 15.9 Å². The standard InChI is InChI=1S/C9H9BrN6O2S/c1-11-9-14-2-6(3-15-9)19(17,18)16-8-5-12-7(10)4-13-8/h2-5H,1H3,(H,13,16)(H,11,14,15). The highest BCUT2D eigenvalue weighted by atomic mass is 79.9. The highest BCUT2D eigenvalue weighted by Crippen LogP contribution is 2.13. The molecule has 19 heavy (non-hydrogen) atoms. The van der Waals surface area contributed by atoms with Crippen LogP contribution in [0.5, 0.6) is 0 Å². The lowest BCUT2D eigenvalue weighted by Gasteiger charge is -2.06. The average Bonchev–Trinajstić information content (AvgIpc) is 2.41. The molecule has 0 aliphatic rings. The van der Waals surface area contributed by atoms with Crippen molar-refractivity contribution in [3.63, 3.8) is 0 Å². The van der Waals surface area contributed by atoms with E-state index in [0.717, 1.165) is 0 Å². The first-order valence-corrected chi connectivity index (χ1v) is 7.29. The lowest BCUT2D eigenvalue weighted by Crippen LogP contribution is -2.15. The molecule has 0 radical (unpaired) electrons. The van der Waals surface area contributed by atoms with Crippen molar-refractivity contribution in [3.8, 4) is 0 Å². The molecule has 0 unspecified atom stereocenters. The first-order chi connectivity index (χ1) is 9.01. The van der Waals surface area contributed by atoms with Crippen LogP contribution < -0.4 is 10.0 Å². The van der Waals surface area contributed by atoms with Crippen molar-refractivity contribution in [1.29, 1.82) is 0 Å². The van der Waals surface area contributed by atoms with E-state index in [0.29, 0.717) is 10.6 Å². The smallest absolute Gasteiger partial charge is 0.266 e. The number of nitrogens with one attached hydrogen (secondary N) is 2. The monoisotopic (exact) mass is 344 g/mol. The Kier molecular flexibility index (Phi) is 3.90. The molecule has 2 aromatic rings. The molecule has 0 bridgehead atoms. The minimum absolute atomic E-state index is 0.0591. The van der Waals surface area contributed by atoms with Crippen LogP contribution in [0.4, 0.5) is 11.8 Å². The summed E-state index contributed by atoms with van der Waals surface area (Å²) in [6.07, 6.45) is 5.09. The van der Waals surface area contributed by atoms with Crippen molar-refractivity contribution < 1.29 is 8.42 Å². The molecule has 0 aliphatic heterocycles. The molecule has 2 rings (SSSR count). The zero-order chi connectivity index (χ0) is 13.9. The fourth-order valence-corrected chi connectivity index (χ4v) is 2.23. The molecular weight excluding hydrogens is 336 g/mol. The SMILES string of the molecule is CNc1ncc(S(=O)(=O)Nc2cnc(Br)cn2)cn1. The minimum atomic E-state index is -3.77. The summed E-state index contributed by atoms with van der Waals surface area (Å²) in [4.78, 5) is 15.3. The van der Waals surface area contributed by atoms with Crippen LogP contribution in [-0.2, 0) is 10.0 Å². The van der Waals surface area contributed by atoms with Gasteiger partial charge in [-0.25, -0.2) is 28.4 Å². The van der Waals surface area contributed by atoms with Gasteiger partial charge in [-0.15, -0.1) is 0 Å². The van der Waals surface area contributed by atoms with Gasteiger partial charge in [-0.2, -0.15) is 0 Å². The second-order valence-electron chi connectivity index (χ2n) is 3.32. The van der Waals surface area contributed by atoms with Crippen molar-refractivity contribution in [3.05, 3.63) is 29.4 Å². The van der Waals surface area contributed by atoms with E-state index in [1.54, 1.807) is 7.05 Å². The van der Waals surface area contributed by atoms with Crippen LogP contribution in [0.25, 0.3) is 0 Å². The van der Waals surface area contributed by atoms with Crippen LogP contribution >= 0.6 is 15.9 Å². The third-order valence-electron chi connectivity index (χ3n) is 2.02. The van der Waals surface area contributed by atoms with E-state index < -0.39 is 10.0 Å². The maximum atomic E-state index is 12.0. The molecule has 2 heterocycles. The van der Waals surface area contributed by atoms with Crippen LogP contribution in [0.3, 0.4) is 0 Å². The van der Waals surface area contributed by atoms with Crippen LogP contribution in [0, 0.1) is 0 Å². The van der Waals surface area contributed by atoms with Crippen molar-refractivity contribution in [2.45, 2.75) is 4.90 Å². The van der Waals surface area contributed by atoms with Crippen LogP contribution in [0.15, 0.2) is 34.3 Å². The molecule has 0 atom stereocenters. The molecule has 100 valence electrons. The van der Waals surface area contributed by atoms with Crippen LogP contribution in [0.1, 0.15) is 0 Å². The van der Waals surface area contributed by atoms with Gasteiger partial charge < -0.3 is 5.32 Å². The van der Waals surface area contributed by atoms with Gasteiger partial charge in [0.25, 0.3) is 10.0 Å². The fraction of sp³-hybridized carbons (Fsp3) is 0.111. The number of sulfonamides is 1. The highest BCUT2D eigenvalue weighted by Gasteiger charge is 2.16. The van der Waals surface area contributed by atoms with Crippen molar-refractivity contribution in [2.24, 2.45) is 0 Å². The van der Waals surface area contributed by atoms with Gasteiger partial charge in [0.2, 0.25) is 5.95 Å². The fourth-order valence-electron chi connectivity index (χ4n) is 1.15. The van der Waals surface area contributed by atoms with Gasteiger partial charge in [0.05, 0.1) is 24.8 Å². The Hall–Kier alpha value is -1.81. The molecule has 0 fully saturated rings. The maximum absolute atomic E-state index is 12.0. The maximum Gasteiger partial charge on any atom is 0.266 e. The quantitative estimate of drug-likeness (QED) is 0.846. The number of anilines is 2. The second-order valence-corrected chi connectivity index (χ2v) is 5.82. The van der Waals surface area contributed by atoms with Crippen molar-refractivity contribution in [2.75, 3.05) is 17.1 Å². The minimum Gasteiger partial charge on any atom is -0.357 e. The van der Waals surface area contributed by atoms with Gasteiger partial charge >= 0.3 is 0 Å². The zero-order valence-electron chi connectivity index (χ0n) is 9.70. The first-order valence-electron chi connectivity index (χ1n) is 5.01. The van der Waals surface area contributed by atoms with Gasteiger partial charge in [-0.1, -0.05) is 0 Å². The third-order valence-corrected chi connectivity index (χ3v) is 3.74. The zero-order valence-corrected chi connectivity index (χ0v) is 12.1. The second kappa shape index (κ2) is 5.45. The Morgan fingerprint density at radius 3 is 2.26 bits per heavy atom. The van der Waals surface area contributed by atoms with E-state index in [1.807, 2.05) is 0 Å². The molecule has 0 saturated heterocycles. The van der Waals surface area contributed by atoms with E-state index in [1.165, 1.54) is 24.8 Å². The largest absolute Gasteiger partial charge is 0.357 e. The molecule has 0 spiro atoms. The summed E-state index contributed by atoms with van der Waals surface area (Å²) < 4.78 is 26.8. The summed E-state index contributed by atoms with van der Waals surface area (Å²) in [7, 11) is -2.13. The molecule has 2 N–H and O–H groups in total. The topological polar surface area (TPSA) is 110 Å². The molecular formula is C9H9BrN6O2S. The Labute approximate surface area is 117 Å². The Morgan fingerprint density at radius 2 is 1.74 bits per heavy atom. The summed E-state index contributed by atoms with van der Waals surface area (Å²) >= 11 is 3.11. The number of aromatic nitrogens is 4. The highest BCUT2D eigenvalue weighted by molar-refractivity contribution is 9.10. The first kappa shape index (κ1) is 13.6. The number of hydrogen-bond acceptors (Lipinski definition) is 7. The number of rotatable bonds is 4. The number of halogens is 1. The van der Waals surface area contributed by atoms with Crippen molar-refractivity contribution >= 4 is 37.7 Å². The predicted octanol–water partition coefficient (Wildman–Crippen LogP) is 0.872.